The number of imidazole rings is 1. The van der Waals surface area contributed by atoms with Crippen LogP contribution in [0.15, 0.2) is 33.8 Å². The van der Waals surface area contributed by atoms with Crippen molar-refractivity contribution in [2.75, 3.05) is 0 Å². The van der Waals surface area contributed by atoms with Gasteiger partial charge in [0.2, 0.25) is 0 Å². The number of hydrogen-bond donors (Lipinski definition) is 1. The van der Waals surface area contributed by atoms with E-state index in [2.05, 4.69) is 20.9 Å². The molecule has 0 aliphatic heterocycles. The second kappa shape index (κ2) is 2.23. The molecule has 2 rings (SSSR count). The van der Waals surface area contributed by atoms with E-state index in [1.165, 1.54) is 0 Å². The summed E-state index contributed by atoms with van der Waals surface area (Å²) in [7, 11) is 0. The van der Waals surface area contributed by atoms with Gasteiger partial charge < -0.3 is 4.98 Å². The number of rotatable bonds is 0. The van der Waals surface area contributed by atoms with Crippen molar-refractivity contribution in [2.24, 2.45) is 0 Å². The minimum atomic E-state index is -0.118. The van der Waals surface area contributed by atoms with E-state index in [-0.39, 0.29) is 5.69 Å². The molecule has 0 saturated heterocycles. The van der Waals surface area contributed by atoms with Gasteiger partial charge in [-0.2, -0.15) is 0 Å². The van der Waals surface area contributed by atoms with Crippen LogP contribution in [0.1, 0.15) is 0 Å². The minimum absolute atomic E-state index is 0.118. The molecule has 56 valence electrons. The van der Waals surface area contributed by atoms with Crippen molar-refractivity contribution in [3.63, 3.8) is 0 Å². The highest BCUT2D eigenvalue weighted by atomic mass is 79.9. The van der Waals surface area contributed by atoms with Gasteiger partial charge in [0.1, 0.15) is 0 Å². The van der Waals surface area contributed by atoms with Gasteiger partial charge in [0.25, 0.3) is 0 Å². The van der Waals surface area contributed by atoms with Crippen LogP contribution in [-0.2, 0) is 0 Å². The standard InChI is InChI=1S/C7H5BrN2O/c8-6-3-1-2-5-4-9-7(11)10(5)6/h1-4H,(H,9,11). The summed E-state index contributed by atoms with van der Waals surface area (Å²) in [5.74, 6) is 0. The lowest BCUT2D eigenvalue weighted by molar-refractivity contribution is 1.04. The molecule has 0 aliphatic carbocycles. The number of halogens is 1. The zero-order chi connectivity index (χ0) is 7.84. The lowest BCUT2D eigenvalue weighted by atomic mass is 10.4. The number of fused-ring (bicyclic) bond motifs is 1. The smallest absolute Gasteiger partial charge is 0.312 e. The number of hydrogen-bond acceptors (Lipinski definition) is 1. The van der Waals surface area contributed by atoms with E-state index in [0.717, 1.165) is 10.1 Å². The lowest BCUT2D eigenvalue weighted by Gasteiger charge is -1.93. The third-order valence-corrected chi connectivity index (χ3v) is 2.14. The van der Waals surface area contributed by atoms with Gasteiger partial charge in [-0.05, 0) is 28.1 Å². The summed E-state index contributed by atoms with van der Waals surface area (Å²) in [4.78, 5) is 13.7. The summed E-state index contributed by atoms with van der Waals surface area (Å²) >= 11 is 3.27. The highest BCUT2D eigenvalue weighted by Gasteiger charge is 1.98. The average Bonchev–Trinajstić information content (AvgIpc) is 2.34. The Labute approximate surface area is 70.8 Å². The van der Waals surface area contributed by atoms with Gasteiger partial charge >= 0.3 is 5.69 Å². The zero-order valence-electron chi connectivity index (χ0n) is 5.54. The van der Waals surface area contributed by atoms with Crippen LogP contribution >= 0.6 is 15.9 Å². The number of nitrogens with zero attached hydrogens (tertiary/aromatic N) is 1. The third-order valence-electron chi connectivity index (χ3n) is 1.52. The molecule has 3 nitrogen and oxygen atoms in total. The molecular formula is C7H5BrN2O. The summed E-state index contributed by atoms with van der Waals surface area (Å²) in [6.07, 6.45) is 1.67. The summed E-state index contributed by atoms with van der Waals surface area (Å²) in [6, 6.07) is 5.57. The molecule has 0 amide bonds. The first-order chi connectivity index (χ1) is 5.29. The molecule has 0 saturated carbocycles. The predicted molar refractivity (Wildman–Crippen MR) is 45.7 cm³/mol. The van der Waals surface area contributed by atoms with E-state index in [1.807, 2.05) is 18.2 Å². The third kappa shape index (κ3) is 0.903. The first-order valence-corrected chi connectivity index (χ1v) is 3.93. The molecule has 2 aromatic heterocycles. The molecule has 2 heterocycles. The largest absolute Gasteiger partial charge is 0.331 e. The van der Waals surface area contributed by atoms with Crippen molar-refractivity contribution < 1.29 is 0 Å². The molecule has 2 aromatic rings. The van der Waals surface area contributed by atoms with Crippen molar-refractivity contribution in [2.45, 2.75) is 0 Å². The second-order valence-corrected chi connectivity index (χ2v) is 3.02. The molecule has 0 aliphatic rings. The maximum atomic E-state index is 11.1. The Bertz CT molecular complexity index is 443. The summed E-state index contributed by atoms with van der Waals surface area (Å²) < 4.78 is 2.32. The number of nitrogens with one attached hydrogen (secondary N) is 1. The van der Waals surface area contributed by atoms with Gasteiger partial charge in [-0.15, -0.1) is 0 Å². The van der Waals surface area contributed by atoms with E-state index < -0.39 is 0 Å². The summed E-state index contributed by atoms with van der Waals surface area (Å²) in [5.41, 5.74) is 0.747. The normalized spacial score (nSPS) is 10.6. The first kappa shape index (κ1) is 6.67. The van der Waals surface area contributed by atoms with Crippen LogP contribution in [0.4, 0.5) is 0 Å². The highest BCUT2D eigenvalue weighted by molar-refractivity contribution is 9.10. The topological polar surface area (TPSA) is 37.3 Å². The predicted octanol–water partition coefficient (Wildman–Crippen LogP) is 1.39. The first-order valence-electron chi connectivity index (χ1n) is 3.14. The monoisotopic (exact) mass is 212 g/mol. The maximum absolute atomic E-state index is 11.1. The molecule has 0 fully saturated rings. The van der Waals surface area contributed by atoms with Crippen LogP contribution in [0.3, 0.4) is 0 Å². The minimum Gasteiger partial charge on any atom is -0.312 e. The Hall–Kier alpha value is -1.03. The van der Waals surface area contributed by atoms with Crippen LogP contribution in [0, 0.1) is 0 Å². The number of H-pyrrole nitrogens is 1. The Morgan fingerprint density at radius 3 is 3.00 bits per heavy atom. The van der Waals surface area contributed by atoms with E-state index in [1.54, 1.807) is 10.6 Å². The van der Waals surface area contributed by atoms with Gasteiger partial charge in [0.05, 0.1) is 10.1 Å². The molecule has 1 N–H and O–H groups in total. The highest BCUT2D eigenvalue weighted by Crippen LogP contribution is 2.09. The summed E-state index contributed by atoms with van der Waals surface area (Å²) in [6.45, 7) is 0. The van der Waals surface area contributed by atoms with Gasteiger partial charge in [-0.3, -0.25) is 4.40 Å². The van der Waals surface area contributed by atoms with E-state index >= 15 is 0 Å². The van der Waals surface area contributed by atoms with Crippen molar-refractivity contribution in [3.05, 3.63) is 39.5 Å². The van der Waals surface area contributed by atoms with E-state index in [9.17, 15) is 4.79 Å². The Balaban J connectivity index is 3.08. The molecule has 0 aromatic carbocycles. The maximum Gasteiger partial charge on any atom is 0.331 e. The van der Waals surface area contributed by atoms with Gasteiger partial charge in [-0.1, -0.05) is 6.07 Å². The molecule has 0 atom stereocenters. The molecule has 11 heavy (non-hydrogen) atoms. The summed E-state index contributed by atoms with van der Waals surface area (Å²) in [5, 5.41) is 0. The molecular weight excluding hydrogens is 208 g/mol. The van der Waals surface area contributed by atoms with Crippen molar-refractivity contribution in [1.82, 2.24) is 9.38 Å². The Kier molecular flexibility index (Phi) is 1.35. The van der Waals surface area contributed by atoms with Gasteiger partial charge in [0.15, 0.2) is 0 Å². The Morgan fingerprint density at radius 2 is 2.27 bits per heavy atom. The van der Waals surface area contributed by atoms with Crippen molar-refractivity contribution in [3.8, 4) is 0 Å². The van der Waals surface area contributed by atoms with Gasteiger partial charge in [0, 0.05) is 6.20 Å². The Morgan fingerprint density at radius 1 is 1.45 bits per heavy atom. The fraction of sp³-hybridized carbons (Fsp3) is 0. The van der Waals surface area contributed by atoms with E-state index in [4.69, 9.17) is 0 Å². The zero-order valence-corrected chi connectivity index (χ0v) is 7.13. The van der Waals surface area contributed by atoms with Crippen LogP contribution in [-0.4, -0.2) is 9.38 Å². The van der Waals surface area contributed by atoms with E-state index in [0.29, 0.717) is 0 Å². The quantitative estimate of drug-likeness (QED) is 0.659. The number of aromatic amines is 1. The number of pyridine rings is 1. The van der Waals surface area contributed by atoms with Crippen LogP contribution in [0.5, 0.6) is 0 Å². The van der Waals surface area contributed by atoms with Crippen LogP contribution < -0.4 is 5.69 Å². The van der Waals surface area contributed by atoms with Crippen LogP contribution in [0.2, 0.25) is 0 Å². The molecule has 0 bridgehead atoms. The van der Waals surface area contributed by atoms with Crippen LogP contribution in [0.25, 0.3) is 5.52 Å². The average molecular weight is 213 g/mol. The SMILES string of the molecule is O=c1[nH]cc2cccc(Br)n12. The molecule has 4 heteroatoms. The van der Waals surface area contributed by atoms with Crippen molar-refractivity contribution >= 4 is 21.4 Å². The lowest BCUT2D eigenvalue weighted by Crippen LogP contribution is -2.09. The van der Waals surface area contributed by atoms with Crippen molar-refractivity contribution in [1.29, 1.82) is 0 Å². The number of aromatic nitrogens is 2. The fourth-order valence-corrected chi connectivity index (χ4v) is 1.54. The molecule has 0 radical (unpaired) electrons. The fourth-order valence-electron chi connectivity index (χ4n) is 1.03. The second-order valence-electron chi connectivity index (χ2n) is 2.20. The molecule has 0 unspecified atom stereocenters. The molecule has 0 spiro atoms. The van der Waals surface area contributed by atoms with Gasteiger partial charge in [-0.25, -0.2) is 4.79 Å².